The molecule has 0 aliphatic heterocycles. The zero-order valence-corrected chi connectivity index (χ0v) is 16.8. The number of rotatable bonds is 6. The highest BCUT2D eigenvalue weighted by molar-refractivity contribution is 9.10. The lowest BCUT2D eigenvalue weighted by molar-refractivity contribution is -0.120. The van der Waals surface area contributed by atoms with E-state index in [1.165, 1.54) is 0 Å². The molecule has 1 amide bonds. The lowest BCUT2D eigenvalue weighted by Crippen LogP contribution is -2.42. The van der Waals surface area contributed by atoms with Crippen LogP contribution in [0.4, 0.5) is 5.69 Å². The molecule has 1 N–H and O–H groups in total. The number of nitrogens with zero attached hydrogens (tertiary/aromatic N) is 1. The number of sulfonamides is 1. The molecule has 2 rings (SSSR count). The van der Waals surface area contributed by atoms with E-state index in [4.69, 9.17) is 0 Å². The Morgan fingerprint density at radius 3 is 2.16 bits per heavy atom. The SMILES string of the molecule is Cc1ccc(S(=O)(=O)N(CC(=O)NC(C)C)c2ccc(Br)cc2)cc1. The summed E-state index contributed by atoms with van der Waals surface area (Å²) in [5.74, 6) is -0.353. The standard InChI is InChI=1S/C18H21BrN2O3S/c1-13(2)20-18(22)12-21(16-8-6-15(19)7-9-16)25(23,24)17-10-4-14(3)5-11-17/h4-11,13H,12H2,1-3H3,(H,20,22). The molecule has 0 aromatic heterocycles. The summed E-state index contributed by atoms with van der Waals surface area (Å²) in [6.07, 6.45) is 0. The highest BCUT2D eigenvalue weighted by Gasteiger charge is 2.27. The molecule has 0 aliphatic rings. The predicted octanol–water partition coefficient (Wildman–Crippen LogP) is 3.48. The van der Waals surface area contributed by atoms with E-state index in [1.54, 1.807) is 48.5 Å². The Labute approximate surface area is 157 Å². The normalized spacial score (nSPS) is 11.4. The fraction of sp³-hybridized carbons (Fsp3) is 0.278. The van der Waals surface area contributed by atoms with Crippen molar-refractivity contribution in [3.05, 3.63) is 58.6 Å². The zero-order chi connectivity index (χ0) is 18.6. The van der Waals surface area contributed by atoms with Crippen LogP contribution in [0, 0.1) is 6.92 Å². The second kappa shape index (κ2) is 8.01. The number of carbonyl (C=O) groups excluding carboxylic acids is 1. The quantitative estimate of drug-likeness (QED) is 0.771. The van der Waals surface area contributed by atoms with E-state index in [1.807, 2.05) is 20.8 Å². The van der Waals surface area contributed by atoms with Gasteiger partial charge in [-0.15, -0.1) is 0 Å². The summed E-state index contributed by atoms with van der Waals surface area (Å²) in [4.78, 5) is 12.4. The summed E-state index contributed by atoms with van der Waals surface area (Å²) in [7, 11) is -3.86. The molecule has 0 spiro atoms. The fourth-order valence-corrected chi connectivity index (χ4v) is 3.94. The Morgan fingerprint density at radius 1 is 1.08 bits per heavy atom. The van der Waals surface area contributed by atoms with Crippen LogP contribution >= 0.6 is 15.9 Å². The molecular weight excluding hydrogens is 404 g/mol. The monoisotopic (exact) mass is 424 g/mol. The van der Waals surface area contributed by atoms with Crippen LogP contribution in [0.3, 0.4) is 0 Å². The molecule has 0 saturated heterocycles. The zero-order valence-electron chi connectivity index (χ0n) is 14.4. The van der Waals surface area contributed by atoms with Crippen LogP contribution < -0.4 is 9.62 Å². The minimum Gasteiger partial charge on any atom is -0.352 e. The number of aryl methyl sites for hydroxylation is 1. The third-order valence-electron chi connectivity index (χ3n) is 3.46. The van der Waals surface area contributed by atoms with Crippen molar-refractivity contribution >= 4 is 37.5 Å². The first kappa shape index (κ1) is 19.5. The van der Waals surface area contributed by atoms with Gasteiger partial charge in [0.2, 0.25) is 5.91 Å². The van der Waals surface area contributed by atoms with Crippen LogP contribution in [0.5, 0.6) is 0 Å². The Balaban J connectivity index is 2.44. The molecule has 0 fully saturated rings. The van der Waals surface area contributed by atoms with Gasteiger partial charge < -0.3 is 5.32 Å². The summed E-state index contributed by atoms with van der Waals surface area (Å²) in [5, 5.41) is 2.73. The summed E-state index contributed by atoms with van der Waals surface area (Å²) >= 11 is 3.33. The van der Waals surface area contributed by atoms with Crippen LogP contribution in [0.2, 0.25) is 0 Å². The highest BCUT2D eigenvalue weighted by atomic mass is 79.9. The van der Waals surface area contributed by atoms with Gasteiger partial charge in [-0.3, -0.25) is 9.10 Å². The average Bonchev–Trinajstić information content (AvgIpc) is 2.53. The van der Waals surface area contributed by atoms with Gasteiger partial charge in [-0.2, -0.15) is 0 Å². The molecule has 134 valence electrons. The molecule has 0 bridgehead atoms. The minimum atomic E-state index is -3.86. The lowest BCUT2D eigenvalue weighted by Gasteiger charge is -2.24. The van der Waals surface area contributed by atoms with E-state index in [-0.39, 0.29) is 23.4 Å². The van der Waals surface area contributed by atoms with E-state index in [9.17, 15) is 13.2 Å². The van der Waals surface area contributed by atoms with Crippen LogP contribution in [0.25, 0.3) is 0 Å². The van der Waals surface area contributed by atoms with Gasteiger partial charge >= 0.3 is 0 Å². The molecule has 0 aliphatic carbocycles. The number of carbonyl (C=O) groups is 1. The van der Waals surface area contributed by atoms with Crippen LogP contribution in [-0.2, 0) is 14.8 Å². The van der Waals surface area contributed by atoms with Gasteiger partial charge in [-0.1, -0.05) is 33.6 Å². The number of amides is 1. The van der Waals surface area contributed by atoms with Gasteiger partial charge in [-0.05, 0) is 57.2 Å². The molecule has 0 saturated carbocycles. The molecule has 7 heteroatoms. The van der Waals surface area contributed by atoms with Crippen molar-refractivity contribution in [2.24, 2.45) is 0 Å². The number of hydrogen-bond donors (Lipinski definition) is 1. The van der Waals surface area contributed by atoms with Gasteiger partial charge in [0.1, 0.15) is 6.54 Å². The number of nitrogens with one attached hydrogen (secondary N) is 1. The molecule has 2 aromatic rings. The number of halogens is 1. The smallest absolute Gasteiger partial charge is 0.264 e. The first-order chi connectivity index (χ1) is 11.7. The largest absolute Gasteiger partial charge is 0.352 e. The van der Waals surface area contributed by atoms with Gasteiger partial charge in [0.25, 0.3) is 10.0 Å². The molecule has 25 heavy (non-hydrogen) atoms. The molecule has 0 atom stereocenters. The van der Waals surface area contributed by atoms with Gasteiger partial charge in [-0.25, -0.2) is 8.42 Å². The number of anilines is 1. The third-order valence-corrected chi connectivity index (χ3v) is 5.78. The summed E-state index contributed by atoms with van der Waals surface area (Å²) in [6, 6.07) is 13.3. The van der Waals surface area contributed by atoms with E-state index < -0.39 is 10.0 Å². The van der Waals surface area contributed by atoms with Crippen molar-refractivity contribution in [2.45, 2.75) is 31.7 Å². The molecule has 5 nitrogen and oxygen atoms in total. The molecule has 2 aromatic carbocycles. The summed E-state index contributed by atoms with van der Waals surface area (Å²) in [5.41, 5.74) is 1.40. The summed E-state index contributed by atoms with van der Waals surface area (Å²) in [6.45, 7) is 5.27. The Morgan fingerprint density at radius 2 is 1.64 bits per heavy atom. The lowest BCUT2D eigenvalue weighted by atomic mass is 10.2. The highest BCUT2D eigenvalue weighted by Crippen LogP contribution is 2.25. The van der Waals surface area contributed by atoms with Gasteiger partial charge in [0, 0.05) is 10.5 Å². The average molecular weight is 425 g/mol. The van der Waals surface area contributed by atoms with Crippen molar-refractivity contribution < 1.29 is 13.2 Å². The first-order valence-corrected chi connectivity index (χ1v) is 10.1. The maximum Gasteiger partial charge on any atom is 0.264 e. The van der Waals surface area contributed by atoms with Gasteiger partial charge in [0.15, 0.2) is 0 Å². The minimum absolute atomic E-state index is 0.0682. The van der Waals surface area contributed by atoms with Crippen LogP contribution in [0.15, 0.2) is 57.9 Å². The van der Waals surface area contributed by atoms with E-state index >= 15 is 0 Å². The van der Waals surface area contributed by atoms with Crippen molar-refractivity contribution in [1.29, 1.82) is 0 Å². The van der Waals surface area contributed by atoms with Crippen LogP contribution in [0.1, 0.15) is 19.4 Å². The maximum absolute atomic E-state index is 13.1. The third kappa shape index (κ3) is 5.06. The van der Waals surface area contributed by atoms with E-state index in [0.29, 0.717) is 5.69 Å². The number of hydrogen-bond acceptors (Lipinski definition) is 3. The molecular formula is C18H21BrN2O3S. The first-order valence-electron chi connectivity index (χ1n) is 7.84. The maximum atomic E-state index is 13.1. The Bertz CT molecular complexity index is 832. The predicted molar refractivity (Wildman–Crippen MR) is 103 cm³/mol. The Kier molecular flexibility index (Phi) is 6.24. The van der Waals surface area contributed by atoms with Crippen molar-refractivity contribution in [1.82, 2.24) is 5.32 Å². The van der Waals surface area contributed by atoms with E-state index in [0.717, 1.165) is 14.3 Å². The molecule has 0 heterocycles. The molecule has 0 unspecified atom stereocenters. The number of benzene rings is 2. The summed E-state index contributed by atoms with van der Waals surface area (Å²) < 4.78 is 28.1. The van der Waals surface area contributed by atoms with Crippen molar-refractivity contribution in [3.63, 3.8) is 0 Å². The second-order valence-electron chi connectivity index (χ2n) is 6.02. The topological polar surface area (TPSA) is 66.5 Å². The van der Waals surface area contributed by atoms with E-state index in [2.05, 4.69) is 21.2 Å². The fourth-order valence-electron chi connectivity index (χ4n) is 2.26. The van der Waals surface area contributed by atoms with Crippen molar-refractivity contribution in [3.8, 4) is 0 Å². The molecule has 0 radical (unpaired) electrons. The van der Waals surface area contributed by atoms with Crippen LogP contribution in [-0.4, -0.2) is 26.9 Å². The van der Waals surface area contributed by atoms with Gasteiger partial charge in [0.05, 0.1) is 10.6 Å². The second-order valence-corrected chi connectivity index (χ2v) is 8.80. The van der Waals surface area contributed by atoms with Crippen molar-refractivity contribution in [2.75, 3.05) is 10.8 Å². The Hall–Kier alpha value is -1.86.